The van der Waals surface area contributed by atoms with Gasteiger partial charge >= 0.3 is 12.2 Å². The second-order valence-electron chi connectivity index (χ2n) is 8.41. The molecule has 3 amide bonds. The molecule has 0 aliphatic rings. The molecule has 0 aliphatic heterocycles. The molecule has 0 bridgehead atoms. The summed E-state index contributed by atoms with van der Waals surface area (Å²) in [5.41, 5.74) is 0.262. The minimum absolute atomic E-state index is 0.0256. The number of hydrogen-bond donors (Lipinski definition) is 3. The standard InChI is InChI=1S/C28H20F3N5O3S/c1-32-25(37)23-13-11-19(15-33-23)39-18-9-6-16(7-10-18)34-27(38)35-17-8-12-20(21(14-17)28(29,30)31)26-36-22-4-2-3-5-24(22)40-26/h2-15H,1H3,(H,32,37)(H2,34,35,38). The van der Waals surface area contributed by atoms with Crippen molar-refractivity contribution in [2.45, 2.75) is 6.18 Å². The topological polar surface area (TPSA) is 105 Å². The van der Waals surface area contributed by atoms with Crippen molar-refractivity contribution in [3.8, 4) is 22.1 Å². The number of hydrogen-bond acceptors (Lipinski definition) is 6. The molecule has 3 aromatic carbocycles. The predicted octanol–water partition coefficient (Wildman–Crippen LogP) is 7.17. The molecule has 202 valence electrons. The monoisotopic (exact) mass is 563 g/mol. The zero-order valence-corrected chi connectivity index (χ0v) is 21.6. The lowest BCUT2D eigenvalue weighted by atomic mass is 10.1. The first-order valence-electron chi connectivity index (χ1n) is 11.8. The van der Waals surface area contributed by atoms with Crippen LogP contribution in [-0.4, -0.2) is 29.0 Å². The summed E-state index contributed by atoms with van der Waals surface area (Å²) >= 11 is 1.17. The summed E-state index contributed by atoms with van der Waals surface area (Å²) in [4.78, 5) is 32.5. The van der Waals surface area contributed by atoms with E-state index in [0.29, 0.717) is 22.7 Å². The van der Waals surface area contributed by atoms with Gasteiger partial charge < -0.3 is 20.7 Å². The second-order valence-corrected chi connectivity index (χ2v) is 9.44. The van der Waals surface area contributed by atoms with E-state index in [9.17, 15) is 22.8 Å². The molecule has 0 saturated heterocycles. The van der Waals surface area contributed by atoms with E-state index in [1.807, 2.05) is 0 Å². The number of benzene rings is 3. The van der Waals surface area contributed by atoms with Crippen molar-refractivity contribution in [2.75, 3.05) is 17.7 Å². The number of carbonyl (C=O) groups excluding carboxylic acids is 2. The summed E-state index contributed by atoms with van der Waals surface area (Å²) in [7, 11) is 1.51. The molecule has 40 heavy (non-hydrogen) atoms. The third-order valence-corrected chi connectivity index (χ3v) is 6.72. The summed E-state index contributed by atoms with van der Waals surface area (Å²) in [6, 6.07) is 19.4. The molecule has 5 aromatic rings. The first-order valence-corrected chi connectivity index (χ1v) is 12.6. The van der Waals surface area contributed by atoms with Crippen LogP contribution in [0.3, 0.4) is 0 Å². The highest BCUT2D eigenvalue weighted by Gasteiger charge is 2.35. The molecule has 0 unspecified atom stereocenters. The van der Waals surface area contributed by atoms with Gasteiger partial charge in [-0.15, -0.1) is 11.3 Å². The van der Waals surface area contributed by atoms with Crippen LogP contribution in [0.2, 0.25) is 0 Å². The minimum Gasteiger partial charge on any atom is -0.456 e. The molecule has 0 saturated carbocycles. The van der Waals surface area contributed by atoms with Gasteiger partial charge in [0.05, 0.1) is 22.0 Å². The summed E-state index contributed by atoms with van der Waals surface area (Å²) in [6.45, 7) is 0. The van der Waals surface area contributed by atoms with Crippen molar-refractivity contribution in [1.82, 2.24) is 15.3 Å². The Bertz CT molecular complexity index is 1650. The zero-order chi connectivity index (χ0) is 28.3. The number of carbonyl (C=O) groups is 2. The zero-order valence-electron chi connectivity index (χ0n) is 20.7. The Morgan fingerprint density at radius 3 is 2.25 bits per heavy atom. The number of fused-ring (bicyclic) bond motifs is 1. The van der Waals surface area contributed by atoms with Crippen LogP contribution in [0.4, 0.5) is 29.3 Å². The molecule has 0 fully saturated rings. The highest BCUT2D eigenvalue weighted by atomic mass is 32.1. The highest BCUT2D eigenvalue weighted by Crippen LogP contribution is 2.41. The molecule has 0 atom stereocenters. The SMILES string of the molecule is CNC(=O)c1ccc(Oc2ccc(NC(=O)Nc3ccc(-c4nc5ccccc5s4)c(C(F)(F)F)c3)cc2)cn1. The lowest BCUT2D eigenvalue weighted by Crippen LogP contribution is -2.20. The number of anilines is 2. The van der Waals surface area contributed by atoms with Gasteiger partial charge in [0.15, 0.2) is 0 Å². The Morgan fingerprint density at radius 1 is 0.875 bits per heavy atom. The van der Waals surface area contributed by atoms with Crippen LogP contribution in [-0.2, 0) is 6.18 Å². The van der Waals surface area contributed by atoms with Crippen LogP contribution < -0.4 is 20.7 Å². The Labute approximate surface area is 229 Å². The summed E-state index contributed by atoms with van der Waals surface area (Å²) in [5, 5.41) is 7.74. The van der Waals surface area contributed by atoms with E-state index >= 15 is 0 Å². The van der Waals surface area contributed by atoms with Gasteiger partial charge in [0.2, 0.25) is 0 Å². The van der Waals surface area contributed by atoms with Crippen LogP contribution in [0.25, 0.3) is 20.8 Å². The van der Waals surface area contributed by atoms with E-state index in [1.165, 1.54) is 42.8 Å². The first-order chi connectivity index (χ1) is 19.2. The third kappa shape index (κ3) is 6.02. The van der Waals surface area contributed by atoms with Gasteiger partial charge in [0.25, 0.3) is 5.91 Å². The number of ether oxygens (including phenoxy) is 1. The maximum absolute atomic E-state index is 13.9. The van der Waals surface area contributed by atoms with Crippen molar-refractivity contribution >= 4 is 44.9 Å². The Hall–Kier alpha value is -4.97. The van der Waals surface area contributed by atoms with E-state index in [-0.39, 0.29) is 27.9 Å². The van der Waals surface area contributed by atoms with Gasteiger partial charge in [-0.25, -0.2) is 14.8 Å². The minimum atomic E-state index is -4.66. The van der Waals surface area contributed by atoms with E-state index in [0.717, 1.165) is 10.8 Å². The number of aromatic nitrogens is 2. The number of alkyl halides is 3. The van der Waals surface area contributed by atoms with Gasteiger partial charge in [0, 0.05) is 24.0 Å². The quantitative estimate of drug-likeness (QED) is 0.203. The maximum Gasteiger partial charge on any atom is 0.417 e. The van der Waals surface area contributed by atoms with Crippen LogP contribution in [0, 0.1) is 0 Å². The molecular weight excluding hydrogens is 543 g/mol. The van der Waals surface area contributed by atoms with E-state index in [2.05, 4.69) is 25.9 Å². The summed E-state index contributed by atoms with van der Waals surface area (Å²) in [6.07, 6.45) is -3.25. The van der Waals surface area contributed by atoms with Gasteiger partial charge in [-0.2, -0.15) is 13.2 Å². The molecule has 3 N–H and O–H groups in total. The smallest absolute Gasteiger partial charge is 0.417 e. The number of nitrogens with zero attached hydrogens (tertiary/aromatic N) is 2. The molecular formula is C28H20F3N5O3S. The average molecular weight is 564 g/mol. The van der Waals surface area contributed by atoms with Crippen molar-refractivity contribution in [1.29, 1.82) is 0 Å². The molecule has 5 rings (SSSR count). The largest absolute Gasteiger partial charge is 0.456 e. The number of nitrogens with one attached hydrogen (secondary N) is 3. The number of urea groups is 1. The maximum atomic E-state index is 13.9. The van der Waals surface area contributed by atoms with Gasteiger partial charge in [-0.05, 0) is 66.7 Å². The predicted molar refractivity (Wildman–Crippen MR) is 147 cm³/mol. The molecule has 12 heteroatoms. The molecule has 0 spiro atoms. The molecule has 2 aromatic heterocycles. The van der Waals surface area contributed by atoms with Crippen molar-refractivity contribution in [2.24, 2.45) is 0 Å². The Morgan fingerprint density at radius 2 is 1.57 bits per heavy atom. The average Bonchev–Trinajstić information content (AvgIpc) is 3.38. The fourth-order valence-corrected chi connectivity index (χ4v) is 4.77. The number of rotatable bonds is 6. The Kier molecular flexibility index (Phi) is 7.34. The van der Waals surface area contributed by atoms with E-state index in [1.54, 1.807) is 54.6 Å². The highest BCUT2D eigenvalue weighted by molar-refractivity contribution is 7.21. The van der Waals surface area contributed by atoms with Crippen molar-refractivity contribution in [3.05, 3.63) is 96.3 Å². The normalized spacial score (nSPS) is 11.2. The van der Waals surface area contributed by atoms with Crippen LogP contribution >= 0.6 is 11.3 Å². The fourth-order valence-electron chi connectivity index (χ4n) is 3.77. The van der Waals surface area contributed by atoms with Crippen LogP contribution in [0.1, 0.15) is 16.1 Å². The fraction of sp³-hybridized carbons (Fsp3) is 0.0714. The summed E-state index contributed by atoms with van der Waals surface area (Å²) < 4.78 is 48.3. The number of pyridine rings is 1. The number of thiazole rings is 1. The number of amides is 3. The van der Waals surface area contributed by atoms with Crippen molar-refractivity contribution in [3.63, 3.8) is 0 Å². The summed E-state index contributed by atoms with van der Waals surface area (Å²) in [5.74, 6) is 0.528. The Balaban J connectivity index is 1.25. The van der Waals surface area contributed by atoms with E-state index < -0.39 is 17.8 Å². The lowest BCUT2D eigenvalue weighted by molar-refractivity contribution is -0.137. The number of para-hydroxylation sites is 1. The van der Waals surface area contributed by atoms with Gasteiger partial charge in [0.1, 0.15) is 22.2 Å². The molecule has 0 aliphatic carbocycles. The number of halogens is 3. The van der Waals surface area contributed by atoms with Crippen LogP contribution in [0.15, 0.2) is 85.1 Å². The van der Waals surface area contributed by atoms with Gasteiger partial charge in [-0.1, -0.05) is 12.1 Å². The van der Waals surface area contributed by atoms with Gasteiger partial charge in [-0.3, -0.25) is 4.79 Å². The van der Waals surface area contributed by atoms with E-state index in [4.69, 9.17) is 4.74 Å². The molecule has 8 nitrogen and oxygen atoms in total. The molecule has 2 heterocycles. The lowest BCUT2D eigenvalue weighted by Gasteiger charge is -2.14. The van der Waals surface area contributed by atoms with Crippen molar-refractivity contribution < 1.29 is 27.5 Å². The first kappa shape index (κ1) is 26.6. The molecule has 0 radical (unpaired) electrons. The van der Waals surface area contributed by atoms with Crippen LogP contribution in [0.5, 0.6) is 11.5 Å². The second kappa shape index (κ2) is 11.0. The third-order valence-electron chi connectivity index (χ3n) is 5.65.